The van der Waals surface area contributed by atoms with Crippen LogP contribution in [0.4, 0.5) is 0 Å². The summed E-state index contributed by atoms with van der Waals surface area (Å²) in [4.78, 5) is 50.7. The normalized spacial score (nSPS) is 19.2. The number of imide groups is 1. The Morgan fingerprint density at radius 1 is 1.39 bits per heavy atom. The third kappa shape index (κ3) is 2.59. The minimum absolute atomic E-state index is 0.000648. The lowest BCUT2D eigenvalue weighted by Gasteiger charge is -2.21. The first-order valence-electron chi connectivity index (χ1n) is 5.25. The maximum atomic E-state index is 11.7. The fraction of sp³-hybridized carbons (Fsp3) is 0.300. The monoisotopic (exact) mass is 250 g/mol. The molecule has 1 fully saturated rings. The quantitative estimate of drug-likeness (QED) is 0.540. The summed E-state index contributed by atoms with van der Waals surface area (Å²) in [7, 11) is 0. The number of piperidine rings is 1. The molecule has 1 aliphatic rings. The van der Waals surface area contributed by atoms with Gasteiger partial charge in [-0.15, -0.1) is 0 Å². The van der Waals surface area contributed by atoms with Gasteiger partial charge in [0.15, 0.2) is 0 Å². The van der Waals surface area contributed by atoms with Crippen LogP contribution in [0.25, 0.3) is 0 Å². The number of hydrogen-bond acceptors (Lipinski definition) is 5. The van der Waals surface area contributed by atoms with Gasteiger partial charge < -0.3 is 10.3 Å². The first-order chi connectivity index (χ1) is 8.56. The summed E-state index contributed by atoms with van der Waals surface area (Å²) < 4.78 is 0. The molecule has 0 aliphatic carbocycles. The highest BCUT2D eigenvalue weighted by atomic mass is 16.2. The van der Waals surface area contributed by atoms with Crippen LogP contribution in [0, 0.1) is 0 Å². The third-order valence-electron chi connectivity index (χ3n) is 2.45. The molecular weight excluding hydrogens is 240 g/mol. The van der Waals surface area contributed by atoms with Crippen molar-refractivity contribution in [3.8, 4) is 0 Å². The second-order valence-corrected chi connectivity index (χ2v) is 3.77. The van der Waals surface area contributed by atoms with Gasteiger partial charge in [-0.1, -0.05) is 0 Å². The molecule has 1 unspecified atom stereocenters. The minimum Gasteiger partial charge on any atom is -0.339 e. The van der Waals surface area contributed by atoms with Crippen molar-refractivity contribution in [2.24, 2.45) is 0 Å². The predicted octanol–water partition coefficient (Wildman–Crippen LogP) is -1.70. The molecule has 94 valence electrons. The molecule has 1 aromatic heterocycles. The smallest absolute Gasteiger partial charge is 0.272 e. The number of carbonyl (C=O) groups excluding carboxylic acids is 3. The molecule has 8 heteroatoms. The molecule has 0 bridgehead atoms. The van der Waals surface area contributed by atoms with E-state index < -0.39 is 23.4 Å². The van der Waals surface area contributed by atoms with Gasteiger partial charge in [-0.2, -0.15) is 0 Å². The number of rotatable bonds is 2. The summed E-state index contributed by atoms with van der Waals surface area (Å²) in [5, 5.41) is 4.56. The van der Waals surface area contributed by atoms with Crippen LogP contribution in [0.15, 0.2) is 17.2 Å². The molecule has 1 aliphatic heterocycles. The molecular formula is C10H10N4O4. The summed E-state index contributed by atoms with van der Waals surface area (Å²) in [6, 6.07) is -0.760. The molecule has 1 atom stereocenters. The highest BCUT2D eigenvalue weighted by Crippen LogP contribution is 2.04. The van der Waals surface area contributed by atoms with E-state index in [-0.39, 0.29) is 24.4 Å². The van der Waals surface area contributed by atoms with E-state index in [1.165, 1.54) is 0 Å². The summed E-state index contributed by atoms with van der Waals surface area (Å²) in [6.45, 7) is 0. The van der Waals surface area contributed by atoms with Gasteiger partial charge in [0.25, 0.3) is 11.5 Å². The van der Waals surface area contributed by atoms with Crippen molar-refractivity contribution in [1.82, 2.24) is 20.6 Å². The molecule has 0 saturated carbocycles. The van der Waals surface area contributed by atoms with E-state index in [1.54, 1.807) is 0 Å². The zero-order valence-electron chi connectivity index (χ0n) is 9.23. The highest BCUT2D eigenvalue weighted by Gasteiger charge is 2.28. The Morgan fingerprint density at radius 2 is 2.17 bits per heavy atom. The van der Waals surface area contributed by atoms with Gasteiger partial charge in [0.2, 0.25) is 11.8 Å². The van der Waals surface area contributed by atoms with Gasteiger partial charge in [-0.25, -0.2) is 4.98 Å². The van der Waals surface area contributed by atoms with E-state index in [1.807, 2.05) is 0 Å². The highest BCUT2D eigenvalue weighted by molar-refractivity contribution is 6.03. The molecule has 0 spiro atoms. The number of nitrogens with zero attached hydrogens (tertiary/aromatic N) is 1. The maximum absolute atomic E-state index is 11.7. The first-order valence-corrected chi connectivity index (χ1v) is 5.25. The average molecular weight is 250 g/mol. The van der Waals surface area contributed by atoms with E-state index in [0.29, 0.717) is 0 Å². The van der Waals surface area contributed by atoms with Crippen molar-refractivity contribution in [3.63, 3.8) is 0 Å². The van der Waals surface area contributed by atoms with E-state index in [9.17, 15) is 19.2 Å². The molecule has 0 aromatic carbocycles. The molecule has 18 heavy (non-hydrogen) atoms. The van der Waals surface area contributed by atoms with E-state index in [2.05, 4.69) is 20.6 Å². The number of aromatic nitrogens is 2. The molecule has 8 nitrogen and oxygen atoms in total. The molecule has 0 radical (unpaired) electrons. The second kappa shape index (κ2) is 4.78. The van der Waals surface area contributed by atoms with Gasteiger partial charge in [0.05, 0.1) is 6.20 Å². The summed E-state index contributed by atoms with van der Waals surface area (Å²) in [5.41, 5.74) is -0.424. The van der Waals surface area contributed by atoms with Crippen LogP contribution < -0.4 is 16.2 Å². The van der Waals surface area contributed by atoms with Crippen molar-refractivity contribution < 1.29 is 14.4 Å². The van der Waals surface area contributed by atoms with Crippen LogP contribution in [-0.4, -0.2) is 33.7 Å². The summed E-state index contributed by atoms with van der Waals surface area (Å²) >= 11 is 0. The van der Waals surface area contributed by atoms with Crippen LogP contribution in [0.3, 0.4) is 0 Å². The zero-order valence-corrected chi connectivity index (χ0v) is 9.23. The Labute approximate surface area is 101 Å². The second-order valence-electron chi connectivity index (χ2n) is 3.77. The molecule has 2 rings (SSSR count). The number of aromatic amines is 1. The van der Waals surface area contributed by atoms with Crippen LogP contribution in [0.5, 0.6) is 0 Å². The Bertz CT molecular complexity index is 545. The van der Waals surface area contributed by atoms with E-state index >= 15 is 0 Å². The van der Waals surface area contributed by atoms with Crippen molar-refractivity contribution in [1.29, 1.82) is 0 Å². The fourth-order valence-electron chi connectivity index (χ4n) is 1.53. The van der Waals surface area contributed by atoms with Crippen LogP contribution in [0.2, 0.25) is 0 Å². The Kier molecular flexibility index (Phi) is 3.18. The number of H-pyrrole nitrogens is 1. The lowest BCUT2D eigenvalue weighted by atomic mass is 10.1. The number of carbonyl (C=O) groups is 3. The molecule has 1 aromatic rings. The molecule has 1 saturated heterocycles. The Morgan fingerprint density at radius 3 is 2.78 bits per heavy atom. The number of nitrogens with one attached hydrogen (secondary N) is 3. The van der Waals surface area contributed by atoms with Gasteiger partial charge in [-0.3, -0.25) is 24.5 Å². The van der Waals surface area contributed by atoms with Crippen LogP contribution in [0.1, 0.15) is 23.3 Å². The standard InChI is InChI=1S/C10H10N4O4/c15-7-2-1-5(9(17)14-7)13-10(18)6-3-12-8(16)4-11-6/h3-5H,1-2H2,(H,12,16)(H,13,18)(H,14,15,17). The summed E-state index contributed by atoms with van der Waals surface area (Å²) in [6.07, 6.45) is 2.55. The van der Waals surface area contributed by atoms with E-state index in [4.69, 9.17) is 0 Å². The molecule has 3 amide bonds. The molecule has 2 heterocycles. The first kappa shape index (κ1) is 12.0. The zero-order chi connectivity index (χ0) is 13.1. The summed E-state index contributed by atoms with van der Waals surface area (Å²) in [5.74, 6) is -1.47. The fourth-order valence-corrected chi connectivity index (χ4v) is 1.53. The lowest BCUT2D eigenvalue weighted by molar-refractivity contribution is -0.134. The van der Waals surface area contributed by atoms with Gasteiger partial charge >= 0.3 is 0 Å². The SMILES string of the molecule is O=C1CCC(NC(=O)c2c[nH]c(=O)cn2)C(=O)N1. The Hall–Kier alpha value is -2.51. The van der Waals surface area contributed by atoms with Gasteiger partial charge in [0.1, 0.15) is 11.7 Å². The third-order valence-corrected chi connectivity index (χ3v) is 2.45. The van der Waals surface area contributed by atoms with Crippen molar-refractivity contribution in [3.05, 3.63) is 28.4 Å². The van der Waals surface area contributed by atoms with E-state index in [0.717, 1.165) is 12.4 Å². The van der Waals surface area contributed by atoms with Crippen LogP contribution in [-0.2, 0) is 9.59 Å². The van der Waals surface area contributed by atoms with Gasteiger partial charge in [-0.05, 0) is 6.42 Å². The molecule has 3 N–H and O–H groups in total. The number of amides is 3. The maximum Gasteiger partial charge on any atom is 0.272 e. The largest absolute Gasteiger partial charge is 0.339 e. The van der Waals surface area contributed by atoms with Gasteiger partial charge in [0, 0.05) is 12.6 Å². The van der Waals surface area contributed by atoms with Crippen molar-refractivity contribution in [2.75, 3.05) is 0 Å². The Balaban J connectivity index is 2.03. The topological polar surface area (TPSA) is 121 Å². The van der Waals surface area contributed by atoms with Crippen LogP contribution >= 0.6 is 0 Å². The van der Waals surface area contributed by atoms with Crippen molar-refractivity contribution >= 4 is 17.7 Å². The average Bonchev–Trinajstić information content (AvgIpc) is 2.33. The minimum atomic E-state index is -0.760. The lowest BCUT2D eigenvalue weighted by Crippen LogP contribution is -2.52. The number of hydrogen-bond donors (Lipinski definition) is 3. The predicted molar refractivity (Wildman–Crippen MR) is 58.5 cm³/mol. The van der Waals surface area contributed by atoms with Crippen molar-refractivity contribution in [2.45, 2.75) is 18.9 Å².